The minimum atomic E-state index is -4.49. The fraction of sp³-hybridized carbons (Fsp3) is 0.389. The standard InChI is InChI=1S/C18H16ClF3N4O5S3/c19-8-3-7(1-2-12(8)34-18(20,21)22)33-16-15(29)13(14(28)11(5-27)31-16)26-4-9(24-25-26)10-6-32-17(30)23-10/h1-4,6,11,13-16,27-29H,5H2,(H,23,30). The molecule has 1 saturated heterocycles. The maximum absolute atomic E-state index is 12.6. The summed E-state index contributed by atoms with van der Waals surface area (Å²) in [6.07, 6.45) is -2.38. The van der Waals surface area contributed by atoms with Crippen molar-refractivity contribution in [3.05, 3.63) is 34.8 Å². The van der Waals surface area contributed by atoms with Crippen molar-refractivity contribution in [2.24, 2.45) is 0 Å². The van der Waals surface area contributed by atoms with Crippen molar-refractivity contribution in [3.63, 3.8) is 0 Å². The Hall–Kier alpha value is -1.59. The molecule has 1 aliphatic heterocycles. The lowest BCUT2D eigenvalue weighted by molar-refractivity contribution is -0.178. The number of aliphatic hydroxyl groups is 3. The Labute approximate surface area is 207 Å². The SMILES string of the molecule is OCC1OC(Sc2ccc(SC(F)(F)F)c(Cl)c2)C(O)C(n2cc(-c3csc(O)n3)nn2)C1O. The van der Waals surface area contributed by atoms with Gasteiger partial charge in [-0.05, 0) is 30.0 Å². The van der Waals surface area contributed by atoms with Crippen LogP contribution in [0.15, 0.2) is 39.6 Å². The molecule has 3 heterocycles. The second kappa shape index (κ2) is 10.2. The zero-order chi connectivity index (χ0) is 24.6. The van der Waals surface area contributed by atoms with Gasteiger partial charge in [-0.1, -0.05) is 39.9 Å². The van der Waals surface area contributed by atoms with Crippen molar-refractivity contribution in [1.82, 2.24) is 20.0 Å². The van der Waals surface area contributed by atoms with E-state index >= 15 is 0 Å². The molecule has 0 spiro atoms. The molecule has 2 aromatic heterocycles. The van der Waals surface area contributed by atoms with Crippen LogP contribution in [0.3, 0.4) is 0 Å². The number of nitrogens with zero attached hydrogens (tertiary/aromatic N) is 4. The van der Waals surface area contributed by atoms with E-state index in [2.05, 4.69) is 15.3 Å². The summed E-state index contributed by atoms with van der Waals surface area (Å²) in [7, 11) is 0. The molecule has 4 N–H and O–H groups in total. The molecular weight excluding hydrogens is 541 g/mol. The maximum Gasteiger partial charge on any atom is 0.446 e. The van der Waals surface area contributed by atoms with Crippen LogP contribution in [0.25, 0.3) is 11.4 Å². The first-order valence-corrected chi connectivity index (χ1v) is 12.4. The van der Waals surface area contributed by atoms with Crippen LogP contribution in [0.5, 0.6) is 5.19 Å². The summed E-state index contributed by atoms with van der Waals surface area (Å²) in [6.45, 7) is -0.565. The van der Waals surface area contributed by atoms with Crippen LogP contribution in [-0.2, 0) is 4.74 Å². The smallest absolute Gasteiger partial charge is 0.446 e. The molecule has 184 valence electrons. The maximum atomic E-state index is 12.6. The third-order valence-electron chi connectivity index (χ3n) is 4.80. The second-order valence-corrected chi connectivity index (χ2v) is 10.6. The highest BCUT2D eigenvalue weighted by Crippen LogP contribution is 2.43. The van der Waals surface area contributed by atoms with E-state index in [-0.39, 0.29) is 32.6 Å². The summed E-state index contributed by atoms with van der Waals surface area (Å²) in [5.74, 6) is 0. The van der Waals surface area contributed by atoms with Gasteiger partial charge < -0.3 is 25.2 Å². The van der Waals surface area contributed by atoms with Crippen LogP contribution in [0.2, 0.25) is 5.02 Å². The first-order chi connectivity index (χ1) is 16.1. The predicted molar refractivity (Wildman–Crippen MR) is 119 cm³/mol. The molecule has 1 aliphatic rings. The number of hydrogen-bond donors (Lipinski definition) is 4. The molecule has 0 aliphatic carbocycles. The van der Waals surface area contributed by atoms with Gasteiger partial charge in [0, 0.05) is 15.2 Å². The molecular formula is C18H16ClF3N4O5S3. The van der Waals surface area contributed by atoms with Crippen LogP contribution in [0.1, 0.15) is 6.04 Å². The highest BCUT2D eigenvalue weighted by atomic mass is 35.5. The Bertz CT molecular complexity index is 1150. The highest BCUT2D eigenvalue weighted by Gasteiger charge is 2.46. The first kappa shape index (κ1) is 25.5. The molecule has 1 aromatic carbocycles. The highest BCUT2D eigenvalue weighted by molar-refractivity contribution is 8.00. The van der Waals surface area contributed by atoms with E-state index in [0.29, 0.717) is 10.6 Å². The Morgan fingerprint density at radius 1 is 1.21 bits per heavy atom. The minimum Gasteiger partial charge on any atom is -0.486 e. The summed E-state index contributed by atoms with van der Waals surface area (Å²) in [5.41, 5.74) is -4.89. The molecule has 3 aromatic rings. The van der Waals surface area contributed by atoms with Gasteiger partial charge in [0.15, 0.2) is 0 Å². The zero-order valence-electron chi connectivity index (χ0n) is 16.7. The van der Waals surface area contributed by atoms with Gasteiger partial charge in [-0.3, -0.25) is 0 Å². The number of thiazole rings is 1. The Kier molecular flexibility index (Phi) is 7.64. The molecule has 5 unspecified atom stereocenters. The molecule has 9 nitrogen and oxygen atoms in total. The zero-order valence-corrected chi connectivity index (χ0v) is 19.9. The van der Waals surface area contributed by atoms with Crippen molar-refractivity contribution in [2.45, 2.75) is 45.1 Å². The molecule has 0 saturated carbocycles. The second-order valence-electron chi connectivity index (χ2n) is 7.05. The topological polar surface area (TPSA) is 134 Å². The van der Waals surface area contributed by atoms with Crippen LogP contribution in [0, 0.1) is 0 Å². The molecule has 1 fully saturated rings. The quantitative estimate of drug-likeness (QED) is 0.335. The van der Waals surface area contributed by atoms with Crippen molar-refractivity contribution < 1.29 is 38.3 Å². The molecule has 0 amide bonds. The summed E-state index contributed by atoms with van der Waals surface area (Å²) in [6, 6.07) is 2.84. The fourth-order valence-electron chi connectivity index (χ4n) is 3.30. The molecule has 4 rings (SSSR count). The van der Waals surface area contributed by atoms with Crippen molar-refractivity contribution in [3.8, 4) is 16.6 Å². The van der Waals surface area contributed by atoms with Gasteiger partial charge in [-0.15, -0.1) is 5.10 Å². The van der Waals surface area contributed by atoms with Gasteiger partial charge in [-0.2, -0.15) is 13.2 Å². The lowest BCUT2D eigenvalue weighted by atomic mass is 9.97. The number of rotatable bonds is 6. The van der Waals surface area contributed by atoms with Gasteiger partial charge in [-0.25, -0.2) is 9.67 Å². The van der Waals surface area contributed by atoms with Crippen LogP contribution >= 0.6 is 46.5 Å². The van der Waals surface area contributed by atoms with Gasteiger partial charge in [0.2, 0.25) is 0 Å². The van der Waals surface area contributed by atoms with Gasteiger partial charge in [0.1, 0.15) is 41.2 Å². The molecule has 5 atom stereocenters. The van der Waals surface area contributed by atoms with Crippen LogP contribution < -0.4 is 0 Å². The number of benzene rings is 1. The summed E-state index contributed by atoms with van der Waals surface area (Å²) in [5, 5.41) is 50.0. The van der Waals surface area contributed by atoms with E-state index in [9.17, 15) is 33.6 Å². The van der Waals surface area contributed by atoms with Crippen molar-refractivity contribution in [2.75, 3.05) is 6.61 Å². The number of aliphatic hydroxyl groups excluding tert-OH is 3. The fourth-order valence-corrected chi connectivity index (χ4v) is 5.84. The third-order valence-corrected chi connectivity index (χ3v) is 7.82. The average molecular weight is 557 g/mol. The average Bonchev–Trinajstić information content (AvgIpc) is 3.40. The number of aromatic hydroxyl groups is 1. The molecule has 34 heavy (non-hydrogen) atoms. The lowest BCUT2D eigenvalue weighted by Gasteiger charge is -2.41. The Balaban J connectivity index is 1.56. The Morgan fingerprint density at radius 2 is 1.97 bits per heavy atom. The lowest BCUT2D eigenvalue weighted by Crippen LogP contribution is -2.55. The summed E-state index contributed by atoms with van der Waals surface area (Å²) < 4.78 is 44.8. The number of alkyl halides is 3. The Morgan fingerprint density at radius 3 is 2.59 bits per heavy atom. The van der Waals surface area contributed by atoms with E-state index in [1.54, 1.807) is 5.38 Å². The molecule has 16 heteroatoms. The minimum absolute atomic E-state index is 0.125. The van der Waals surface area contributed by atoms with E-state index in [0.717, 1.165) is 23.1 Å². The van der Waals surface area contributed by atoms with Gasteiger partial charge in [0.25, 0.3) is 5.19 Å². The monoisotopic (exact) mass is 556 g/mol. The van der Waals surface area contributed by atoms with Gasteiger partial charge in [0.05, 0.1) is 17.8 Å². The number of aromatic nitrogens is 4. The number of hydrogen-bond acceptors (Lipinski definition) is 11. The molecule has 0 radical (unpaired) electrons. The number of thioether (sulfide) groups is 2. The number of halogens is 4. The van der Waals surface area contributed by atoms with E-state index < -0.39 is 41.9 Å². The number of ether oxygens (including phenoxy) is 1. The van der Waals surface area contributed by atoms with Crippen LogP contribution in [-0.4, -0.2) is 76.3 Å². The van der Waals surface area contributed by atoms with Crippen molar-refractivity contribution >= 4 is 46.5 Å². The first-order valence-electron chi connectivity index (χ1n) is 9.47. The van der Waals surface area contributed by atoms with Crippen molar-refractivity contribution in [1.29, 1.82) is 0 Å². The third kappa shape index (κ3) is 5.62. The van der Waals surface area contributed by atoms with E-state index in [1.807, 2.05) is 0 Å². The van der Waals surface area contributed by atoms with Gasteiger partial charge >= 0.3 is 5.51 Å². The predicted octanol–water partition coefficient (Wildman–Crippen LogP) is 3.14. The molecule has 0 bridgehead atoms. The summed E-state index contributed by atoms with van der Waals surface area (Å²) in [4.78, 5) is 4.13. The van der Waals surface area contributed by atoms with E-state index in [1.165, 1.54) is 29.1 Å². The largest absolute Gasteiger partial charge is 0.486 e. The summed E-state index contributed by atoms with van der Waals surface area (Å²) >= 11 is 7.61. The normalized spacial score (nSPS) is 25.6. The van der Waals surface area contributed by atoms with E-state index in [4.69, 9.17) is 16.3 Å². The van der Waals surface area contributed by atoms with Crippen LogP contribution in [0.4, 0.5) is 13.2 Å².